The molecule has 0 radical (unpaired) electrons. The molecule has 0 bridgehead atoms. The molecule has 0 amide bonds. The highest BCUT2D eigenvalue weighted by molar-refractivity contribution is 5.38. The van der Waals surface area contributed by atoms with E-state index in [1.807, 2.05) is 0 Å². The van der Waals surface area contributed by atoms with Gasteiger partial charge in [0.1, 0.15) is 0 Å². The van der Waals surface area contributed by atoms with Crippen molar-refractivity contribution in [2.24, 2.45) is 5.73 Å². The van der Waals surface area contributed by atoms with E-state index < -0.39 is 0 Å². The Labute approximate surface area is 129 Å². The summed E-state index contributed by atoms with van der Waals surface area (Å²) in [5.74, 6) is 0.976. The molecular weight excluding hydrogens is 254 g/mol. The molecule has 0 heterocycles. The van der Waals surface area contributed by atoms with Crippen molar-refractivity contribution in [1.82, 2.24) is 0 Å². The summed E-state index contributed by atoms with van der Waals surface area (Å²) in [6.45, 7) is 9.52. The van der Waals surface area contributed by atoms with E-state index in [4.69, 9.17) is 5.73 Å². The van der Waals surface area contributed by atoms with Crippen LogP contribution in [-0.2, 0) is 0 Å². The number of nitrogens with two attached hydrogens (primary N) is 1. The predicted octanol–water partition coefficient (Wildman–Crippen LogP) is 4.91. The summed E-state index contributed by atoms with van der Waals surface area (Å²) in [5.41, 5.74) is 12.7. The maximum absolute atomic E-state index is 5.85. The second-order valence-electron chi connectivity index (χ2n) is 6.29. The van der Waals surface area contributed by atoms with E-state index in [9.17, 15) is 0 Å². The minimum Gasteiger partial charge on any atom is -0.330 e. The van der Waals surface area contributed by atoms with Crippen LogP contribution >= 0.6 is 0 Å². The molecule has 1 heteroatoms. The van der Waals surface area contributed by atoms with Crippen molar-refractivity contribution < 1.29 is 0 Å². The highest BCUT2D eigenvalue weighted by Gasteiger charge is 2.14. The second kappa shape index (κ2) is 6.91. The molecular formula is C20H27N. The zero-order valence-corrected chi connectivity index (χ0v) is 13.7. The molecule has 2 rings (SSSR count). The highest BCUT2D eigenvalue weighted by Crippen LogP contribution is 2.30. The lowest BCUT2D eigenvalue weighted by Crippen LogP contribution is -2.09. The maximum Gasteiger partial charge on any atom is 0.0101 e. The van der Waals surface area contributed by atoms with Gasteiger partial charge in [-0.25, -0.2) is 0 Å². The van der Waals surface area contributed by atoms with Crippen molar-refractivity contribution in [2.75, 3.05) is 6.54 Å². The number of hydrogen-bond donors (Lipinski definition) is 1. The number of aryl methyl sites for hydroxylation is 2. The molecule has 1 unspecified atom stereocenters. The molecule has 2 N–H and O–H groups in total. The Hall–Kier alpha value is -1.60. The standard InChI is InChI=1S/C20H27N/c1-14(2)17-7-9-18(10-8-17)20(11-12-21)19-6-5-15(3)16(4)13-19/h5-10,13-14,20H,11-12,21H2,1-4H3. The Kier molecular flexibility index (Phi) is 5.19. The maximum atomic E-state index is 5.85. The molecule has 1 nitrogen and oxygen atoms in total. The topological polar surface area (TPSA) is 26.0 Å². The van der Waals surface area contributed by atoms with Gasteiger partial charge in [-0.1, -0.05) is 56.3 Å². The van der Waals surface area contributed by atoms with Gasteiger partial charge in [-0.3, -0.25) is 0 Å². The van der Waals surface area contributed by atoms with Gasteiger partial charge in [0.2, 0.25) is 0 Å². The quantitative estimate of drug-likeness (QED) is 0.828. The summed E-state index contributed by atoms with van der Waals surface area (Å²) in [4.78, 5) is 0. The van der Waals surface area contributed by atoms with Gasteiger partial charge < -0.3 is 5.73 Å². The molecule has 21 heavy (non-hydrogen) atoms. The zero-order chi connectivity index (χ0) is 15.4. The molecule has 112 valence electrons. The van der Waals surface area contributed by atoms with Gasteiger partial charge in [-0.2, -0.15) is 0 Å². The molecule has 1 atom stereocenters. The monoisotopic (exact) mass is 281 g/mol. The van der Waals surface area contributed by atoms with Crippen LogP contribution in [0.25, 0.3) is 0 Å². The van der Waals surface area contributed by atoms with E-state index in [1.165, 1.54) is 27.8 Å². The summed E-state index contributed by atoms with van der Waals surface area (Å²) >= 11 is 0. The lowest BCUT2D eigenvalue weighted by atomic mass is 9.86. The van der Waals surface area contributed by atoms with E-state index in [0.717, 1.165) is 6.42 Å². The van der Waals surface area contributed by atoms with Crippen molar-refractivity contribution in [3.63, 3.8) is 0 Å². The predicted molar refractivity (Wildman–Crippen MR) is 92.0 cm³/mol. The third kappa shape index (κ3) is 3.74. The summed E-state index contributed by atoms with van der Waals surface area (Å²) in [5, 5.41) is 0. The smallest absolute Gasteiger partial charge is 0.0101 e. The highest BCUT2D eigenvalue weighted by atomic mass is 14.5. The Morgan fingerprint density at radius 3 is 1.90 bits per heavy atom. The van der Waals surface area contributed by atoms with Crippen LogP contribution in [0.3, 0.4) is 0 Å². The van der Waals surface area contributed by atoms with E-state index in [0.29, 0.717) is 18.4 Å². The summed E-state index contributed by atoms with van der Waals surface area (Å²) in [6, 6.07) is 15.8. The average molecular weight is 281 g/mol. The Balaban J connectivity index is 2.35. The Morgan fingerprint density at radius 2 is 1.38 bits per heavy atom. The van der Waals surface area contributed by atoms with Crippen LogP contribution in [0.4, 0.5) is 0 Å². The van der Waals surface area contributed by atoms with Gasteiger partial charge >= 0.3 is 0 Å². The van der Waals surface area contributed by atoms with Crippen LogP contribution in [0.1, 0.15) is 59.9 Å². The zero-order valence-electron chi connectivity index (χ0n) is 13.7. The van der Waals surface area contributed by atoms with Gasteiger partial charge in [-0.05, 0) is 60.5 Å². The molecule has 2 aromatic carbocycles. The molecule has 0 fully saturated rings. The van der Waals surface area contributed by atoms with Crippen LogP contribution < -0.4 is 5.73 Å². The van der Waals surface area contributed by atoms with Gasteiger partial charge in [0.05, 0.1) is 0 Å². The Morgan fingerprint density at radius 1 is 0.810 bits per heavy atom. The first-order valence-corrected chi connectivity index (χ1v) is 7.90. The Bertz CT molecular complexity index is 581. The number of hydrogen-bond acceptors (Lipinski definition) is 1. The minimum atomic E-state index is 0.399. The van der Waals surface area contributed by atoms with Gasteiger partial charge in [-0.15, -0.1) is 0 Å². The lowest BCUT2D eigenvalue weighted by Gasteiger charge is -2.19. The van der Waals surface area contributed by atoms with Crippen LogP contribution in [0, 0.1) is 13.8 Å². The summed E-state index contributed by atoms with van der Waals surface area (Å²) in [6.07, 6.45) is 0.990. The fourth-order valence-corrected chi connectivity index (χ4v) is 2.79. The van der Waals surface area contributed by atoms with Crippen molar-refractivity contribution in [3.05, 3.63) is 70.3 Å². The number of benzene rings is 2. The fraction of sp³-hybridized carbons (Fsp3) is 0.400. The van der Waals surface area contributed by atoms with Crippen molar-refractivity contribution in [1.29, 1.82) is 0 Å². The third-order valence-corrected chi connectivity index (χ3v) is 4.39. The van der Waals surface area contributed by atoms with Gasteiger partial charge in [0.25, 0.3) is 0 Å². The summed E-state index contributed by atoms with van der Waals surface area (Å²) in [7, 11) is 0. The molecule has 0 aromatic heterocycles. The molecule has 0 saturated heterocycles. The van der Waals surface area contributed by atoms with E-state index in [1.54, 1.807) is 0 Å². The van der Waals surface area contributed by atoms with E-state index in [-0.39, 0.29) is 0 Å². The van der Waals surface area contributed by atoms with E-state index in [2.05, 4.69) is 70.2 Å². The first-order valence-electron chi connectivity index (χ1n) is 7.90. The summed E-state index contributed by atoms with van der Waals surface area (Å²) < 4.78 is 0. The SMILES string of the molecule is Cc1ccc(C(CCN)c2ccc(C(C)C)cc2)cc1C. The first kappa shape index (κ1) is 15.8. The first-order chi connectivity index (χ1) is 10.0. The van der Waals surface area contributed by atoms with Crippen molar-refractivity contribution >= 4 is 0 Å². The van der Waals surface area contributed by atoms with Crippen molar-refractivity contribution in [2.45, 2.75) is 46.0 Å². The average Bonchev–Trinajstić information content (AvgIpc) is 2.48. The van der Waals surface area contributed by atoms with E-state index >= 15 is 0 Å². The minimum absolute atomic E-state index is 0.399. The lowest BCUT2D eigenvalue weighted by molar-refractivity contribution is 0.724. The second-order valence-corrected chi connectivity index (χ2v) is 6.29. The number of rotatable bonds is 5. The van der Waals surface area contributed by atoms with Crippen molar-refractivity contribution in [3.8, 4) is 0 Å². The largest absolute Gasteiger partial charge is 0.330 e. The fourth-order valence-electron chi connectivity index (χ4n) is 2.79. The van der Waals surface area contributed by atoms with Crippen LogP contribution in [-0.4, -0.2) is 6.54 Å². The molecule has 0 aliphatic heterocycles. The third-order valence-electron chi connectivity index (χ3n) is 4.39. The molecule has 2 aromatic rings. The molecule has 0 aliphatic carbocycles. The van der Waals surface area contributed by atoms with Crippen LogP contribution in [0.5, 0.6) is 0 Å². The molecule has 0 aliphatic rings. The van der Waals surface area contributed by atoms with Crippen LogP contribution in [0.15, 0.2) is 42.5 Å². The van der Waals surface area contributed by atoms with Crippen LogP contribution in [0.2, 0.25) is 0 Å². The normalized spacial score (nSPS) is 12.7. The van der Waals surface area contributed by atoms with Gasteiger partial charge in [0.15, 0.2) is 0 Å². The molecule has 0 saturated carbocycles. The molecule has 0 spiro atoms. The van der Waals surface area contributed by atoms with Gasteiger partial charge in [0, 0.05) is 5.92 Å².